The summed E-state index contributed by atoms with van der Waals surface area (Å²) in [6.45, 7) is 2.45. The first-order valence-corrected chi connectivity index (χ1v) is 5.51. The normalized spacial score (nSPS) is 11.9. The molecule has 0 amide bonds. The first-order valence-electron chi connectivity index (χ1n) is 5.13. The number of anilines is 1. The molecule has 0 aliphatic heterocycles. The molecular formula is C12H15ClN2O. The number of nitriles is 1. The van der Waals surface area contributed by atoms with Crippen LogP contribution < -0.4 is 4.90 Å². The molecule has 16 heavy (non-hydrogen) atoms. The number of benzene rings is 1. The van der Waals surface area contributed by atoms with Gasteiger partial charge < -0.3 is 10.0 Å². The third-order valence-electron chi connectivity index (χ3n) is 2.37. The van der Waals surface area contributed by atoms with Gasteiger partial charge in [0, 0.05) is 18.6 Å². The molecule has 0 radical (unpaired) electrons. The van der Waals surface area contributed by atoms with E-state index in [0.717, 1.165) is 5.69 Å². The summed E-state index contributed by atoms with van der Waals surface area (Å²) in [6, 6.07) is 7.35. The van der Waals surface area contributed by atoms with Crippen molar-refractivity contribution in [2.24, 2.45) is 0 Å². The Bertz CT molecular complexity index is 398. The van der Waals surface area contributed by atoms with Crippen LogP contribution in [0, 0.1) is 11.3 Å². The summed E-state index contributed by atoms with van der Waals surface area (Å²) in [5, 5.41) is 18.7. The first kappa shape index (κ1) is 12.8. The maximum absolute atomic E-state index is 9.21. The second kappa shape index (κ2) is 5.74. The summed E-state index contributed by atoms with van der Waals surface area (Å²) in [5.41, 5.74) is 1.40. The van der Waals surface area contributed by atoms with Crippen molar-refractivity contribution in [1.82, 2.24) is 0 Å². The van der Waals surface area contributed by atoms with Crippen molar-refractivity contribution >= 4 is 17.3 Å². The molecule has 1 atom stereocenters. The lowest BCUT2D eigenvalue weighted by molar-refractivity contribution is 0.187. The maximum atomic E-state index is 9.21. The molecule has 0 fully saturated rings. The highest BCUT2D eigenvalue weighted by Gasteiger charge is 2.08. The van der Waals surface area contributed by atoms with Crippen LogP contribution in [-0.4, -0.2) is 24.8 Å². The lowest BCUT2D eigenvalue weighted by atomic mass is 10.1. The van der Waals surface area contributed by atoms with Crippen LogP contribution in [0.25, 0.3) is 0 Å². The van der Waals surface area contributed by atoms with Crippen LogP contribution in [0.3, 0.4) is 0 Å². The lowest BCUT2D eigenvalue weighted by Crippen LogP contribution is -2.22. The SMILES string of the molecule is C[C@H](O)CCN(C)c1ccc(Cl)cc1C#N. The topological polar surface area (TPSA) is 47.3 Å². The molecule has 0 aliphatic carbocycles. The number of nitrogens with zero attached hydrogens (tertiary/aromatic N) is 2. The number of hydrogen-bond donors (Lipinski definition) is 1. The van der Waals surface area contributed by atoms with Gasteiger partial charge in [-0.05, 0) is 31.5 Å². The van der Waals surface area contributed by atoms with Crippen LogP contribution in [0.15, 0.2) is 18.2 Å². The van der Waals surface area contributed by atoms with Crippen LogP contribution >= 0.6 is 11.6 Å². The quantitative estimate of drug-likeness (QED) is 0.877. The fourth-order valence-corrected chi connectivity index (χ4v) is 1.60. The van der Waals surface area contributed by atoms with Crippen molar-refractivity contribution in [3.8, 4) is 6.07 Å². The molecule has 0 spiro atoms. The summed E-state index contributed by atoms with van der Waals surface area (Å²) >= 11 is 5.82. The van der Waals surface area contributed by atoms with Gasteiger partial charge in [-0.15, -0.1) is 0 Å². The van der Waals surface area contributed by atoms with E-state index in [9.17, 15) is 5.11 Å². The molecule has 0 unspecified atom stereocenters. The Morgan fingerprint density at radius 2 is 2.25 bits per heavy atom. The fourth-order valence-electron chi connectivity index (χ4n) is 1.43. The Morgan fingerprint density at radius 3 is 2.81 bits per heavy atom. The smallest absolute Gasteiger partial charge is 0.101 e. The minimum Gasteiger partial charge on any atom is -0.393 e. The van der Waals surface area contributed by atoms with Crippen LogP contribution in [0.2, 0.25) is 5.02 Å². The zero-order valence-corrected chi connectivity index (χ0v) is 10.2. The first-order chi connectivity index (χ1) is 7.54. The highest BCUT2D eigenvalue weighted by Crippen LogP contribution is 2.23. The lowest BCUT2D eigenvalue weighted by Gasteiger charge is -2.21. The zero-order chi connectivity index (χ0) is 12.1. The van der Waals surface area contributed by atoms with Crippen LogP contribution in [0.4, 0.5) is 5.69 Å². The maximum Gasteiger partial charge on any atom is 0.101 e. The molecule has 0 saturated heterocycles. The van der Waals surface area contributed by atoms with Gasteiger partial charge in [-0.2, -0.15) is 5.26 Å². The molecule has 1 N–H and O–H groups in total. The predicted molar refractivity (Wildman–Crippen MR) is 65.7 cm³/mol. The molecule has 1 rings (SSSR count). The molecular weight excluding hydrogens is 224 g/mol. The van der Waals surface area contributed by atoms with Gasteiger partial charge >= 0.3 is 0 Å². The highest BCUT2D eigenvalue weighted by atomic mass is 35.5. The molecule has 0 heterocycles. The van der Waals surface area contributed by atoms with Crippen LogP contribution in [-0.2, 0) is 0 Å². The van der Waals surface area contributed by atoms with Gasteiger partial charge in [-0.1, -0.05) is 11.6 Å². The van der Waals surface area contributed by atoms with Crippen molar-refractivity contribution in [2.45, 2.75) is 19.4 Å². The van der Waals surface area contributed by atoms with E-state index in [1.807, 2.05) is 18.0 Å². The second-order valence-electron chi connectivity index (χ2n) is 3.83. The molecule has 1 aromatic carbocycles. The van der Waals surface area contributed by atoms with Gasteiger partial charge in [0.25, 0.3) is 0 Å². The largest absolute Gasteiger partial charge is 0.393 e. The fraction of sp³-hybridized carbons (Fsp3) is 0.417. The Morgan fingerprint density at radius 1 is 1.56 bits per heavy atom. The van der Waals surface area contributed by atoms with Gasteiger partial charge in [-0.3, -0.25) is 0 Å². The van der Waals surface area contributed by atoms with Gasteiger partial charge in [0.2, 0.25) is 0 Å². The molecule has 86 valence electrons. The van der Waals surface area contributed by atoms with E-state index >= 15 is 0 Å². The van der Waals surface area contributed by atoms with Crippen molar-refractivity contribution in [3.63, 3.8) is 0 Å². The van der Waals surface area contributed by atoms with Crippen molar-refractivity contribution in [2.75, 3.05) is 18.5 Å². The summed E-state index contributed by atoms with van der Waals surface area (Å²) in [6.07, 6.45) is 0.338. The second-order valence-corrected chi connectivity index (χ2v) is 4.27. The Labute approximate surface area is 101 Å². The Balaban J connectivity index is 2.83. The Hall–Kier alpha value is -1.24. The van der Waals surface area contributed by atoms with Gasteiger partial charge in [0.1, 0.15) is 6.07 Å². The number of rotatable bonds is 4. The number of aliphatic hydroxyl groups excluding tert-OH is 1. The number of halogens is 1. The van der Waals surface area contributed by atoms with Crippen molar-refractivity contribution in [1.29, 1.82) is 5.26 Å². The van der Waals surface area contributed by atoms with Crippen molar-refractivity contribution in [3.05, 3.63) is 28.8 Å². The van der Waals surface area contributed by atoms with Gasteiger partial charge in [0.05, 0.1) is 17.4 Å². The van der Waals surface area contributed by atoms with E-state index in [-0.39, 0.29) is 6.10 Å². The third kappa shape index (κ3) is 3.41. The van der Waals surface area contributed by atoms with Gasteiger partial charge in [0.15, 0.2) is 0 Å². The molecule has 0 aliphatic rings. The summed E-state index contributed by atoms with van der Waals surface area (Å²) in [7, 11) is 1.90. The molecule has 1 aromatic rings. The zero-order valence-electron chi connectivity index (χ0n) is 9.44. The van der Waals surface area contributed by atoms with Crippen molar-refractivity contribution < 1.29 is 5.11 Å². The molecule has 3 nitrogen and oxygen atoms in total. The summed E-state index contributed by atoms with van der Waals surface area (Å²) in [4.78, 5) is 1.95. The van der Waals surface area contributed by atoms with E-state index < -0.39 is 0 Å². The standard InChI is InChI=1S/C12H15ClN2O/c1-9(16)5-6-15(2)12-4-3-11(13)7-10(12)8-14/h3-4,7,9,16H,5-6H2,1-2H3/t9-/m0/s1. The molecule has 4 heteroatoms. The van der Waals surface area contributed by atoms with E-state index in [1.54, 1.807) is 19.1 Å². The highest BCUT2D eigenvalue weighted by molar-refractivity contribution is 6.30. The van der Waals surface area contributed by atoms with E-state index in [0.29, 0.717) is 23.6 Å². The predicted octanol–water partition coefficient (Wildman–Crippen LogP) is 2.42. The van der Waals surface area contributed by atoms with E-state index in [1.165, 1.54) is 0 Å². The minimum absolute atomic E-state index is 0.333. The summed E-state index contributed by atoms with van der Waals surface area (Å²) in [5.74, 6) is 0. The number of hydrogen-bond acceptors (Lipinski definition) is 3. The van der Waals surface area contributed by atoms with E-state index in [2.05, 4.69) is 6.07 Å². The van der Waals surface area contributed by atoms with Crippen LogP contribution in [0.1, 0.15) is 18.9 Å². The monoisotopic (exact) mass is 238 g/mol. The van der Waals surface area contributed by atoms with Gasteiger partial charge in [-0.25, -0.2) is 0 Å². The molecule has 0 aromatic heterocycles. The van der Waals surface area contributed by atoms with E-state index in [4.69, 9.17) is 16.9 Å². The minimum atomic E-state index is -0.333. The summed E-state index contributed by atoms with van der Waals surface area (Å²) < 4.78 is 0. The average Bonchev–Trinajstić information content (AvgIpc) is 2.25. The number of aliphatic hydroxyl groups is 1. The Kier molecular flexibility index (Phi) is 4.60. The molecule has 0 bridgehead atoms. The van der Waals surface area contributed by atoms with Crippen LogP contribution in [0.5, 0.6) is 0 Å². The third-order valence-corrected chi connectivity index (χ3v) is 2.61. The average molecular weight is 239 g/mol. The molecule has 0 saturated carbocycles.